The van der Waals surface area contributed by atoms with Crippen LogP contribution in [0.25, 0.3) is 5.57 Å². The standard InChI is InChI=1S/C10H7ClO4/c11-7-3-1-6(2-4-7)8(10(14)15)5-9(12)13/h1-5H,(H,12,13)(H,14,15)/b8-5-. The Balaban J connectivity index is 3.16. The molecule has 2 N–H and O–H groups in total. The van der Waals surface area contributed by atoms with Gasteiger partial charge in [-0.1, -0.05) is 23.7 Å². The Bertz CT molecular complexity index is 420. The average Bonchev–Trinajstić information content (AvgIpc) is 2.15. The summed E-state index contributed by atoms with van der Waals surface area (Å²) in [5, 5.41) is 17.7. The van der Waals surface area contributed by atoms with Gasteiger partial charge in [-0.3, -0.25) is 0 Å². The number of hydrogen-bond acceptors (Lipinski definition) is 2. The van der Waals surface area contributed by atoms with E-state index in [9.17, 15) is 9.59 Å². The van der Waals surface area contributed by atoms with E-state index in [1.807, 2.05) is 0 Å². The summed E-state index contributed by atoms with van der Waals surface area (Å²) < 4.78 is 0. The van der Waals surface area contributed by atoms with E-state index < -0.39 is 11.9 Å². The highest BCUT2D eigenvalue weighted by Crippen LogP contribution is 2.17. The third-order valence-electron chi connectivity index (χ3n) is 1.65. The Kier molecular flexibility index (Phi) is 3.46. The van der Waals surface area contributed by atoms with Gasteiger partial charge in [-0.05, 0) is 17.7 Å². The zero-order valence-corrected chi connectivity index (χ0v) is 8.23. The molecule has 5 heteroatoms. The van der Waals surface area contributed by atoms with Gasteiger partial charge < -0.3 is 10.2 Å². The van der Waals surface area contributed by atoms with Gasteiger partial charge in [-0.2, -0.15) is 0 Å². The number of benzene rings is 1. The molecule has 0 spiro atoms. The average molecular weight is 227 g/mol. The summed E-state index contributed by atoms with van der Waals surface area (Å²) in [7, 11) is 0. The lowest BCUT2D eigenvalue weighted by molar-refractivity contribution is -0.133. The van der Waals surface area contributed by atoms with Crippen LogP contribution in [0.2, 0.25) is 5.02 Å². The van der Waals surface area contributed by atoms with Gasteiger partial charge in [0.05, 0.1) is 5.57 Å². The van der Waals surface area contributed by atoms with Crippen LogP contribution in [-0.4, -0.2) is 22.2 Å². The van der Waals surface area contributed by atoms with Gasteiger partial charge in [0, 0.05) is 11.1 Å². The van der Waals surface area contributed by atoms with Gasteiger partial charge in [-0.15, -0.1) is 0 Å². The molecule has 0 aliphatic rings. The van der Waals surface area contributed by atoms with Crippen molar-refractivity contribution in [1.82, 2.24) is 0 Å². The van der Waals surface area contributed by atoms with Crippen LogP contribution in [0.15, 0.2) is 30.3 Å². The molecule has 15 heavy (non-hydrogen) atoms. The van der Waals surface area contributed by atoms with Crippen LogP contribution in [0.4, 0.5) is 0 Å². The molecular formula is C10H7ClO4. The molecule has 0 saturated heterocycles. The van der Waals surface area contributed by atoms with Crippen LogP contribution < -0.4 is 0 Å². The lowest BCUT2D eigenvalue weighted by atomic mass is 10.1. The second-order valence-corrected chi connectivity index (χ2v) is 3.14. The summed E-state index contributed by atoms with van der Waals surface area (Å²) in [6.45, 7) is 0. The second-order valence-electron chi connectivity index (χ2n) is 2.71. The van der Waals surface area contributed by atoms with E-state index >= 15 is 0 Å². The minimum atomic E-state index is -1.30. The third kappa shape index (κ3) is 3.11. The molecular weight excluding hydrogens is 220 g/mol. The first-order chi connectivity index (χ1) is 7.00. The molecule has 0 atom stereocenters. The first-order valence-electron chi connectivity index (χ1n) is 3.94. The van der Waals surface area contributed by atoms with Crippen LogP contribution in [0.5, 0.6) is 0 Å². The number of hydrogen-bond donors (Lipinski definition) is 2. The number of carbonyl (C=O) groups is 2. The predicted octanol–water partition coefficient (Wildman–Crippen LogP) is 1.89. The summed E-state index contributed by atoms with van der Waals surface area (Å²) in [5.41, 5.74) is 0.0217. The van der Waals surface area contributed by atoms with Crippen LogP contribution in [-0.2, 0) is 9.59 Å². The highest BCUT2D eigenvalue weighted by atomic mass is 35.5. The van der Waals surface area contributed by atoms with E-state index in [4.69, 9.17) is 21.8 Å². The normalized spacial score (nSPS) is 11.1. The molecule has 0 heterocycles. The van der Waals surface area contributed by atoms with Gasteiger partial charge in [0.15, 0.2) is 0 Å². The van der Waals surface area contributed by atoms with Crippen LogP contribution in [0.3, 0.4) is 0 Å². The van der Waals surface area contributed by atoms with Crippen molar-refractivity contribution in [2.75, 3.05) is 0 Å². The minimum absolute atomic E-state index is 0.279. The fourth-order valence-electron chi connectivity index (χ4n) is 1.02. The maximum Gasteiger partial charge on any atom is 0.336 e. The first-order valence-corrected chi connectivity index (χ1v) is 4.32. The number of halogens is 1. The Hall–Kier alpha value is -1.81. The second kappa shape index (κ2) is 4.61. The Morgan fingerprint density at radius 2 is 1.67 bits per heavy atom. The lowest BCUT2D eigenvalue weighted by Crippen LogP contribution is -2.02. The van der Waals surface area contributed by atoms with E-state index in [2.05, 4.69) is 0 Å². The summed E-state index contributed by atoms with van der Waals surface area (Å²) in [4.78, 5) is 21.1. The number of rotatable bonds is 3. The van der Waals surface area contributed by atoms with Gasteiger partial charge >= 0.3 is 11.9 Å². The quantitative estimate of drug-likeness (QED) is 0.772. The minimum Gasteiger partial charge on any atom is -0.478 e. The van der Waals surface area contributed by atoms with Crippen molar-refractivity contribution in [2.24, 2.45) is 0 Å². The molecule has 0 unspecified atom stereocenters. The van der Waals surface area contributed by atoms with E-state index in [1.165, 1.54) is 24.3 Å². The Morgan fingerprint density at radius 1 is 1.13 bits per heavy atom. The first kappa shape index (κ1) is 11.3. The van der Waals surface area contributed by atoms with Gasteiger partial charge in [0.25, 0.3) is 0 Å². The molecule has 0 bridgehead atoms. The molecule has 4 nitrogen and oxygen atoms in total. The molecule has 1 aromatic rings. The van der Waals surface area contributed by atoms with E-state index in [1.54, 1.807) is 0 Å². The zero-order chi connectivity index (χ0) is 11.4. The summed E-state index contributed by atoms with van der Waals surface area (Å²) in [6.07, 6.45) is 0.644. The highest BCUT2D eigenvalue weighted by molar-refractivity contribution is 6.30. The SMILES string of the molecule is O=C(O)/C=C(\C(=O)O)c1ccc(Cl)cc1. The number of aliphatic carboxylic acids is 2. The Labute approximate surface area is 90.4 Å². The van der Waals surface area contributed by atoms with Crippen molar-refractivity contribution in [3.05, 3.63) is 40.9 Å². The van der Waals surface area contributed by atoms with Crippen LogP contribution in [0.1, 0.15) is 5.56 Å². The van der Waals surface area contributed by atoms with Gasteiger partial charge in [0.2, 0.25) is 0 Å². The van der Waals surface area contributed by atoms with Gasteiger partial charge in [0.1, 0.15) is 0 Å². The molecule has 1 rings (SSSR count). The monoisotopic (exact) mass is 226 g/mol. The third-order valence-corrected chi connectivity index (χ3v) is 1.91. The predicted molar refractivity (Wildman–Crippen MR) is 54.7 cm³/mol. The van der Waals surface area contributed by atoms with Crippen LogP contribution in [0, 0.1) is 0 Å². The fourth-order valence-corrected chi connectivity index (χ4v) is 1.15. The molecule has 78 valence electrons. The lowest BCUT2D eigenvalue weighted by Gasteiger charge is -2.01. The molecule has 0 aliphatic carbocycles. The van der Waals surface area contributed by atoms with E-state index in [-0.39, 0.29) is 5.57 Å². The number of carboxylic acid groups (broad SMARTS) is 2. The van der Waals surface area contributed by atoms with Gasteiger partial charge in [-0.25, -0.2) is 9.59 Å². The Morgan fingerprint density at radius 3 is 2.07 bits per heavy atom. The zero-order valence-electron chi connectivity index (χ0n) is 7.48. The maximum absolute atomic E-state index is 10.8. The van der Waals surface area contributed by atoms with E-state index in [0.717, 1.165) is 0 Å². The molecule has 0 saturated carbocycles. The van der Waals surface area contributed by atoms with Crippen molar-refractivity contribution in [3.8, 4) is 0 Å². The van der Waals surface area contributed by atoms with Crippen molar-refractivity contribution in [2.45, 2.75) is 0 Å². The molecule has 0 aromatic heterocycles. The summed E-state index contributed by atoms with van der Waals surface area (Å²) >= 11 is 5.62. The van der Waals surface area contributed by atoms with Crippen LogP contribution >= 0.6 is 11.6 Å². The van der Waals surface area contributed by atoms with Crippen molar-refractivity contribution in [3.63, 3.8) is 0 Å². The topological polar surface area (TPSA) is 74.6 Å². The largest absolute Gasteiger partial charge is 0.478 e. The molecule has 0 amide bonds. The summed E-state index contributed by atoms with van der Waals surface area (Å²) in [5.74, 6) is -2.60. The smallest absolute Gasteiger partial charge is 0.336 e. The van der Waals surface area contributed by atoms with Crippen molar-refractivity contribution < 1.29 is 19.8 Å². The fraction of sp³-hybridized carbons (Fsp3) is 0. The molecule has 1 aromatic carbocycles. The molecule has 0 radical (unpaired) electrons. The summed E-state index contributed by atoms with van der Waals surface area (Å²) in [6, 6.07) is 5.89. The molecule has 0 aliphatic heterocycles. The molecule has 0 fully saturated rings. The van der Waals surface area contributed by atoms with E-state index in [0.29, 0.717) is 16.7 Å². The number of carboxylic acids is 2. The van der Waals surface area contributed by atoms with Crippen molar-refractivity contribution >= 4 is 29.1 Å². The van der Waals surface area contributed by atoms with Crippen molar-refractivity contribution in [1.29, 1.82) is 0 Å². The maximum atomic E-state index is 10.8. The highest BCUT2D eigenvalue weighted by Gasteiger charge is 2.11.